The van der Waals surface area contributed by atoms with Crippen molar-refractivity contribution < 1.29 is 4.79 Å². The summed E-state index contributed by atoms with van der Waals surface area (Å²) in [6, 6.07) is 9.31. The first-order valence-electron chi connectivity index (χ1n) is 7.29. The van der Waals surface area contributed by atoms with E-state index in [0.29, 0.717) is 11.4 Å². The van der Waals surface area contributed by atoms with E-state index in [0.717, 1.165) is 36.7 Å². The summed E-state index contributed by atoms with van der Waals surface area (Å²) >= 11 is 0. The normalized spacial score (nSPS) is 10.6. The Kier molecular flexibility index (Phi) is 5.11. The number of aromatic nitrogens is 1. The molecule has 0 aliphatic carbocycles. The summed E-state index contributed by atoms with van der Waals surface area (Å²) in [6.07, 6.45) is 3.29. The van der Waals surface area contributed by atoms with E-state index in [1.807, 2.05) is 31.3 Å². The van der Waals surface area contributed by atoms with Crippen LogP contribution in [0.4, 0.5) is 5.82 Å². The zero-order valence-corrected chi connectivity index (χ0v) is 12.6. The Morgan fingerprint density at radius 2 is 2.10 bits per heavy atom. The monoisotopic (exact) mass is 286 g/mol. The Labute approximate surface area is 125 Å². The second-order valence-corrected chi connectivity index (χ2v) is 5.15. The Hall–Kier alpha value is -2.14. The first kappa shape index (κ1) is 15.3. The number of benzene rings is 1. The number of para-hydroxylation sites is 1. The summed E-state index contributed by atoms with van der Waals surface area (Å²) < 4.78 is 0. The molecule has 5 heteroatoms. The summed E-state index contributed by atoms with van der Waals surface area (Å²) in [5, 5.41) is 0.851. The molecular weight excluding hydrogens is 264 g/mol. The standard InChI is InChI=1S/C16H22N4O/c1-3-4-7-10-20(2)16(21)13-11-15(19-17)18-14-9-6-5-8-12(13)14/h5-6,8-9,11H,3-4,7,10,17H2,1-2H3,(H,18,19). The van der Waals surface area contributed by atoms with E-state index in [4.69, 9.17) is 5.84 Å². The van der Waals surface area contributed by atoms with Crippen molar-refractivity contribution >= 4 is 22.6 Å². The lowest BCUT2D eigenvalue weighted by molar-refractivity contribution is 0.0794. The van der Waals surface area contributed by atoms with E-state index in [9.17, 15) is 4.79 Å². The molecule has 5 nitrogen and oxygen atoms in total. The van der Waals surface area contributed by atoms with Crippen LogP contribution in [-0.2, 0) is 0 Å². The van der Waals surface area contributed by atoms with E-state index in [1.165, 1.54) is 0 Å². The minimum absolute atomic E-state index is 0.00111. The van der Waals surface area contributed by atoms with Gasteiger partial charge in [-0.1, -0.05) is 38.0 Å². The van der Waals surface area contributed by atoms with Crippen molar-refractivity contribution in [1.29, 1.82) is 0 Å². The Balaban J connectivity index is 2.33. The summed E-state index contributed by atoms with van der Waals surface area (Å²) in [6.45, 7) is 2.91. The highest BCUT2D eigenvalue weighted by Crippen LogP contribution is 2.21. The molecule has 0 spiro atoms. The average Bonchev–Trinajstić information content (AvgIpc) is 2.53. The molecule has 1 aromatic heterocycles. The summed E-state index contributed by atoms with van der Waals surface area (Å²) in [5.41, 5.74) is 3.92. The highest BCUT2D eigenvalue weighted by atomic mass is 16.2. The quantitative estimate of drug-likeness (QED) is 0.486. The maximum absolute atomic E-state index is 12.7. The maximum Gasteiger partial charge on any atom is 0.254 e. The molecule has 21 heavy (non-hydrogen) atoms. The number of pyridine rings is 1. The molecule has 0 bridgehead atoms. The third-order valence-corrected chi connectivity index (χ3v) is 3.54. The van der Waals surface area contributed by atoms with Crippen molar-refractivity contribution in [2.24, 2.45) is 5.84 Å². The second-order valence-electron chi connectivity index (χ2n) is 5.15. The average molecular weight is 286 g/mol. The molecule has 112 valence electrons. The predicted molar refractivity (Wildman–Crippen MR) is 86.0 cm³/mol. The van der Waals surface area contributed by atoms with Crippen LogP contribution in [0, 0.1) is 0 Å². The van der Waals surface area contributed by atoms with Gasteiger partial charge in [0.15, 0.2) is 0 Å². The number of nitrogen functional groups attached to an aromatic ring is 1. The number of rotatable bonds is 6. The smallest absolute Gasteiger partial charge is 0.254 e. The van der Waals surface area contributed by atoms with Gasteiger partial charge in [-0.25, -0.2) is 10.8 Å². The SMILES string of the molecule is CCCCCN(C)C(=O)c1cc(NN)nc2ccccc12. The minimum atomic E-state index is 0.00111. The number of anilines is 1. The van der Waals surface area contributed by atoms with Crippen LogP contribution in [0.1, 0.15) is 36.5 Å². The first-order chi connectivity index (χ1) is 10.2. The van der Waals surface area contributed by atoms with Gasteiger partial charge in [-0.3, -0.25) is 4.79 Å². The molecule has 0 saturated heterocycles. The molecule has 0 radical (unpaired) electrons. The Morgan fingerprint density at radius 1 is 1.33 bits per heavy atom. The van der Waals surface area contributed by atoms with Crippen LogP contribution < -0.4 is 11.3 Å². The van der Waals surface area contributed by atoms with Crippen molar-refractivity contribution in [2.45, 2.75) is 26.2 Å². The molecule has 3 N–H and O–H groups in total. The molecule has 0 saturated carbocycles. The van der Waals surface area contributed by atoms with Crippen LogP contribution in [0.2, 0.25) is 0 Å². The number of nitrogens with one attached hydrogen (secondary N) is 1. The van der Waals surface area contributed by atoms with Crippen LogP contribution >= 0.6 is 0 Å². The number of amides is 1. The van der Waals surface area contributed by atoms with Gasteiger partial charge in [0.25, 0.3) is 5.91 Å². The van der Waals surface area contributed by atoms with E-state index < -0.39 is 0 Å². The van der Waals surface area contributed by atoms with E-state index in [-0.39, 0.29) is 5.91 Å². The van der Waals surface area contributed by atoms with Crippen LogP contribution in [0.3, 0.4) is 0 Å². The zero-order valence-electron chi connectivity index (χ0n) is 12.6. The lowest BCUT2D eigenvalue weighted by Gasteiger charge is -2.18. The number of hydrazine groups is 1. The highest BCUT2D eigenvalue weighted by Gasteiger charge is 2.16. The molecule has 2 aromatic rings. The van der Waals surface area contributed by atoms with Gasteiger partial charge in [0.05, 0.1) is 11.1 Å². The Bertz CT molecular complexity index is 627. The van der Waals surface area contributed by atoms with E-state index in [2.05, 4.69) is 17.3 Å². The number of hydrogen-bond acceptors (Lipinski definition) is 4. The maximum atomic E-state index is 12.7. The highest BCUT2D eigenvalue weighted by molar-refractivity contribution is 6.06. The predicted octanol–water partition coefficient (Wildman–Crippen LogP) is 2.78. The van der Waals surface area contributed by atoms with Gasteiger partial charge in [-0.2, -0.15) is 0 Å². The van der Waals surface area contributed by atoms with Gasteiger partial charge >= 0.3 is 0 Å². The van der Waals surface area contributed by atoms with Crippen molar-refractivity contribution in [2.75, 3.05) is 19.0 Å². The fourth-order valence-corrected chi connectivity index (χ4v) is 2.33. The van der Waals surface area contributed by atoms with Crippen LogP contribution in [-0.4, -0.2) is 29.4 Å². The molecule has 1 heterocycles. The third kappa shape index (κ3) is 3.49. The topological polar surface area (TPSA) is 71.2 Å². The minimum Gasteiger partial charge on any atom is -0.342 e. The van der Waals surface area contributed by atoms with E-state index in [1.54, 1.807) is 11.0 Å². The lowest BCUT2D eigenvalue weighted by atomic mass is 10.1. The van der Waals surface area contributed by atoms with Gasteiger partial charge in [-0.15, -0.1) is 0 Å². The molecular formula is C16H22N4O. The summed E-state index contributed by atoms with van der Waals surface area (Å²) in [7, 11) is 1.84. The molecule has 1 amide bonds. The van der Waals surface area contributed by atoms with Crippen molar-refractivity contribution in [3.8, 4) is 0 Å². The lowest BCUT2D eigenvalue weighted by Crippen LogP contribution is -2.28. The fraction of sp³-hybridized carbons (Fsp3) is 0.375. The zero-order chi connectivity index (χ0) is 15.2. The molecule has 0 unspecified atom stereocenters. The second kappa shape index (κ2) is 7.04. The number of hydrogen-bond donors (Lipinski definition) is 2. The van der Waals surface area contributed by atoms with Gasteiger partial charge in [0.1, 0.15) is 5.82 Å². The van der Waals surface area contributed by atoms with Crippen molar-refractivity contribution in [3.05, 3.63) is 35.9 Å². The number of carbonyl (C=O) groups excluding carboxylic acids is 1. The van der Waals surface area contributed by atoms with Gasteiger partial charge in [0, 0.05) is 19.0 Å². The van der Waals surface area contributed by atoms with Crippen molar-refractivity contribution in [3.63, 3.8) is 0 Å². The molecule has 2 rings (SSSR count). The van der Waals surface area contributed by atoms with Gasteiger partial charge < -0.3 is 10.3 Å². The summed E-state index contributed by atoms with van der Waals surface area (Å²) in [4.78, 5) is 18.8. The first-order valence-corrected chi connectivity index (χ1v) is 7.29. The largest absolute Gasteiger partial charge is 0.342 e. The number of fused-ring (bicyclic) bond motifs is 1. The van der Waals surface area contributed by atoms with E-state index >= 15 is 0 Å². The molecule has 0 aliphatic rings. The Morgan fingerprint density at radius 3 is 2.81 bits per heavy atom. The molecule has 0 atom stereocenters. The third-order valence-electron chi connectivity index (χ3n) is 3.54. The number of carbonyl (C=O) groups is 1. The molecule has 1 aromatic carbocycles. The van der Waals surface area contributed by atoms with Crippen LogP contribution in [0.15, 0.2) is 30.3 Å². The molecule has 0 fully saturated rings. The fourth-order valence-electron chi connectivity index (χ4n) is 2.33. The number of nitrogens with zero attached hydrogens (tertiary/aromatic N) is 2. The number of nitrogens with two attached hydrogens (primary N) is 1. The van der Waals surface area contributed by atoms with Crippen LogP contribution in [0.25, 0.3) is 10.9 Å². The summed E-state index contributed by atoms with van der Waals surface area (Å²) in [5.74, 6) is 5.95. The van der Waals surface area contributed by atoms with Gasteiger partial charge in [-0.05, 0) is 18.6 Å². The molecule has 0 aliphatic heterocycles. The van der Waals surface area contributed by atoms with Crippen molar-refractivity contribution in [1.82, 2.24) is 9.88 Å². The van der Waals surface area contributed by atoms with Gasteiger partial charge in [0.2, 0.25) is 0 Å². The van der Waals surface area contributed by atoms with Crippen LogP contribution in [0.5, 0.6) is 0 Å². The number of unbranched alkanes of at least 4 members (excludes halogenated alkanes) is 2.